The summed E-state index contributed by atoms with van der Waals surface area (Å²) in [5.41, 5.74) is 0. The van der Waals surface area contributed by atoms with Gasteiger partial charge in [0.25, 0.3) is 0 Å². The molecule has 0 saturated carbocycles. The molecule has 0 bridgehead atoms. The quantitative estimate of drug-likeness (QED) is 0.0529. The molecule has 8 aromatic rings. The number of rotatable bonds is 12. The van der Waals surface area contributed by atoms with Crippen molar-refractivity contribution in [3.05, 3.63) is 222 Å². The summed E-state index contributed by atoms with van der Waals surface area (Å²) in [6.45, 7) is 0. The van der Waals surface area contributed by atoms with Gasteiger partial charge in [-0.15, -0.1) is 0 Å². The zero-order valence-corrected chi connectivity index (χ0v) is 52.9. The second-order valence-electron chi connectivity index (χ2n) is 14.7. The molecule has 0 fully saturated rings. The largest absolute Gasteiger partial charge is 1.21 e. The first kappa shape index (κ1) is 61.3. The molecule has 0 N–H and O–H groups in total. The van der Waals surface area contributed by atoms with E-state index < -0.39 is 84.9 Å². The van der Waals surface area contributed by atoms with E-state index in [0.717, 1.165) is 0 Å². The van der Waals surface area contributed by atoms with Crippen molar-refractivity contribution in [3.8, 4) is 23.0 Å². The summed E-state index contributed by atoms with van der Waals surface area (Å²) in [6, 6.07) is 43.8. The molecule has 8 rings (SSSR count). The van der Waals surface area contributed by atoms with Crippen LogP contribution in [-0.2, 0) is 0 Å². The Morgan fingerprint density at radius 1 is 0.203 bits per heavy atom. The Hall–Kier alpha value is -0.278. The molecule has 0 heterocycles. The molecule has 4 nitrogen and oxygen atoms in total. The van der Waals surface area contributed by atoms with Gasteiger partial charge in [-0.1, -0.05) is 305 Å². The smallest absolute Gasteiger partial charge is 0.695 e. The summed E-state index contributed by atoms with van der Waals surface area (Å²) in [5.74, 6) is -2.32. The van der Waals surface area contributed by atoms with Crippen molar-refractivity contribution in [2.45, 2.75) is 0 Å². The molecular weight excluding hydrogens is 1410 g/mol. The first-order chi connectivity index (χ1) is 35.0. The van der Waals surface area contributed by atoms with E-state index in [1.165, 1.54) is 21.2 Å². The Morgan fingerprint density at radius 3 is 0.486 bits per heavy atom. The molecule has 8 aromatic carbocycles. The first-order valence-corrected chi connectivity index (χ1v) is 31.3. The highest BCUT2D eigenvalue weighted by atomic mass is 35.5. The van der Waals surface area contributed by atoms with Crippen LogP contribution in [0.1, 0.15) is 0 Å². The highest BCUT2D eigenvalue weighted by Gasteiger charge is 2.66. The molecule has 0 aromatic heterocycles. The van der Waals surface area contributed by atoms with E-state index in [9.17, 15) is 0 Å². The van der Waals surface area contributed by atoms with E-state index in [1.807, 2.05) is 0 Å². The lowest BCUT2D eigenvalue weighted by Crippen LogP contribution is -2.61. The van der Waals surface area contributed by atoms with E-state index in [-0.39, 0.29) is 60.3 Å². The lowest BCUT2D eigenvalue weighted by molar-refractivity contribution is 0.161. The third-order valence-electron chi connectivity index (χ3n) is 10.3. The average Bonchev–Trinajstić information content (AvgIpc) is 3.42. The van der Waals surface area contributed by atoms with Crippen molar-refractivity contribution in [2.75, 3.05) is 0 Å². The average molecular weight is 1430 g/mol. The van der Waals surface area contributed by atoms with Gasteiger partial charge in [-0.3, -0.25) is 0 Å². The second-order valence-corrected chi connectivity index (χ2v) is 27.7. The highest BCUT2D eigenvalue weighted by Crippen LogP contribution is 2.57. The Labute approximate surface area is 528 Å². The van der Waals surface area contributed by atoms with Crippen LogP contribution in [0.4, 0.5) is 0 Å². The summed E-state index contributed by atoms with van der Waals surface area (Å²) in [5, 5.41) is -2.00. The van der Waals surface area contributed by atoms with Crippen LogP contribution in [0.15, 0.2) is 121 Å². The van der Waals surface area contributed by atoms with Crippen LogP contribution in [0.3, 0.4) is 0 Å². The summed E-state index contributed by atoms with van der Waals surface area (Å²) in [6.07, 6.45) is 0. The van der Waals surface area contributed by atoms with Gasteiger partial charge in [0.1, 0.15) is 28.5 Å². The van der Waals surface area contributed by atoms with Gasteiger partial charge in [0.15, 0.2) is 0 Å². The van der Waals surface area contributed by atoms with Gasteiger partial charge in [0.05, 0.1) is 123 Å². The Morgan fingerprint density at radius 2 is 0.338 bits per heavy atom. The number of hydrogen-bond donors (Lipinski definition) is 0. The molecular formula is C48H20AlCl20O4P. The minimum Gasteiger partial charge on any atom is -0.695 e. The van der Waals surface area contributed by atoms with E-state index in [1.54, 1.807) is 0 Å². The van der Waals surface area contributed by atoms with Crippen LogP contribution < -0.4 is 36.4 Å². The zero-order chi connectivity index (χ0) is 54.1. The summed E-state index contributed by atoms with van der Waals surface area (Å²) in [7, 11) is -1.91. The molecule has 26 heteroatoms. The number of benzene rings is 8. The van der Waals surface area contributed by atoms with Gasteiger partial charge in [-0.05, 0) is 48.5 Å². The first-order valence-electron chi connectivity index (χ1n) is 20.1. The van der Waals surface area contributed by atoms with Crippen LogP contribution in [0.25, 0.3) is 0 Å². The van der Waals surface area contributed by atoms with Crippen LogP contribution in [0.5, 0.6) is 23.0 Å². The zero-order valence-electron chi connectivity index (χ0n) is 35.8. The van der Waals surface area contributed by atoms with Crippen LogP contribution in [0, 0.1) is 0 Å². The van der Waals surface area contributed by atoms with Crippen LogP contribution in [-0.4, -0.2) is 14.4 Å². The molecule has 74 heavy (non-hydrogen) atoms. The summed E-state index contributed by atoms with van der Waals surface area (Å²) in [4.78, 5) is 0. The molecule has 384 valence electrons. The SMILES string of the molecule is Clc1c(Cl)c(Cl)c([O][Al-]([O]c2c(Cl)c(Cl)c(Cl)c(Cl)c2Cl)([O]c2c(Cl)c(Cl)c(Cl)c(Cl)c2Cl)[O]c2c(Cl)c(Cl)c(Cl)c(Cl)c2Cl)c(Cl)c1Cl.c1ccc([P+](c2ccccc2)(c2ccccc2)c2ccccc2)cc1. The number of hydrogen-bond acceptors (Lipinski definition) is 4. The molecule has 0 aliphatic heterocycles. The Balaban J connectivity index is 0.000000265. The molecule has 0 radical (unpaired) electrons. The van der Waals surface area contributed by atoms with Crippen molar-refractivity contribution in [3.63, 3.8) is 0 Å². The minimum absolute atomic E-state index is 0.268. The van der Waals surface area contributed by atoms with Gasteiger partial charge < -0.3 is 15.2 Å². The number of halogens is 20. The van der Waals surface area contributed by atoms with Gasteiger partial charge >= 0.3 is 14.4 Å². The van der Waals surface area contributed by atoms with E-state index in [4.69, 9.17) is 247 Å². The molecule has 0 atom stereocenters. The molecule has 0 spiro atoms. The van der Waals surface area contributed by atoms with Gasteiger partial charge in [-0.2, -0.15) is 0 Å². The van der Waals surface area contributed by atoms with Crippen LogP contribution in [0.2, 0.25) is 100 Å². The normalized spacial score (nSPS) is 11.5. The predicted molar refractivity (Wildman–Crippen MR) is 325 cm³/mol. The molecule has 0 aliphatic carbocycles. The maximum Gasteiger partial charge on any atom is 1.21 e. The van der Waals surface area contributed by atoms with Gasteiger partial charge in [0, 0.05) is 0 Å². The maximum atomic E-state index is 6.53. The van der Waals surface area contributed by atoms with E-state index in [0.29, 0.717) is 0 Å². The Bertz CT molecular complexity index is 2850. The molecule has 0 saturated heterocycles. The predicted octanol–water partition coefficient (Wildman–Crippen LogP) is 23.1. The topological polar surface area (TPSA) is 36.9 Å². The summed E-state index contributed by atoms with van der Waals surface area (Å²) >= 11 is 122. The van der Waals surface area contributed by atoms with E-state index >= 15 is 0 Å². The van der Waals surface area contributed by atoms with E-state index in [2.05, 4.69) is 121 Å². The summed E-state index contributed by atoms with van der Waals surface area (Å²) < 4.78 is 25.0. The Kier molecular flexibility index (Phi) is 21.6. The van der Waals surface area contributed by atoms with Crippen molar-refractivity contribution in [1.29, 1.82) is 0 Å². The standard InChI is InChI=1S/C24H20P.4C6HCl5O.Al/c1-5-13-21(14-6-1)25(22-15-7-2-8-16-22,23-17-9-3-10-18-23)24-19-11-4-12-20-24;4*7-1-2(8)4(10)6(12)5(11)3(1)9;/h1-20H;4*12H;/q+1;;;;;+3/p-4. The third-order valence-corrected chi connectivity index (χ3v) is 25.7. The fourth-order valence-electron chi connectivity index (χ4n) is 6.98. The van der Waals surface area contributed by atoms with Crippen molar-refractivity contribution >= 4 is 275 Å². The second kappa shape index (κ2) is 26.1. The lowest BCUT2D eigenvalue weighted by atomic mass is 10.3. The minimum atomic E-state index is -6.02. The fraction of sp³-hybridized carbons (Fsp3) is 0. The molecule has 0 aliphatic rings. The van der Waals surface area contributed by atoms with Crippen molar-refractivity contribution in [1.82, 2.24) is 0 Å². The lowest BCUT2D eigenvalue weighted by Gasteiger charge is -2.40. The van der Waals surface area contributed by atoms with Crippen molar-refractivity contribution < 1.29 is 15.2 Å². The third kappa shape index (κ3) is 12.2. The highest BCUT2D eigenvalue weighted by molar-refractivity contribution is 8.01. The van der Waals surface area contributed by atoms with Gasteiger partial charge in [0.2, 0.25) is 0 Å². The fourth-order valence-corrected chi connectivity index (χ4v) is 19.1. The monoisotopic (exact) mass is 1420 g/mol. The van der Waals surface area contributed by atoms with Crippen LogP contribution >= 0.6 is 239 Å². The van der Waals surface area contributed by atoms with Gasteiger partial charge in [-0.25, -0.2) is 0 Å². The molecule has 0 unspecified atom stereocenters. The van der Waals surface area contributed by atoms with Crippen molar-refractivity contribution in [2.24, 2.45) is 0 Å². The molecule has 0 amide bonds. The maximum absolute atomic E-state index is 6.53.